The van der Waals surface area contributed by atoms with Gasteiger partial charge in [0.2, 0.25) is 11.8 Å². The Morgan fingerprint density at radius 3 is 2.53 bits per heavy atom. The number of carbonyl (C=O) groups is 3. The van der Waals surface area contributed by atoms with Gasteiger partial charge in [-0.3, -0.25) is 14.4 Å². The highest BCUT2D eigenvalue weighted by molar-refractivity contribution is 7.99. The summed E-state index contributed by atoms with van der Waals surface area (Å²) in [6.45, 7) is 5.08. The first-order valence-electron chi connectivity index (χ1n) is 12.6. The molecule has 190 valence electrons. The highest BCUT2D eigenvalue weighted by Gasteiger charge is 2.36. The molecule has 0 aromatic heterocycles. The second kappa shape index (κ2) is 15.2. The molecule has 1 aliphatic heterocycles. The number of benzene rings is 1. The minimum Gasteiger partial charge on any atom is -0.343 e. The van der Waals surface area contributed by atoms with Crippen molar-refractivity contribution in [3.63, 3.8) is 0 Å². The molecule has 2 amide bonds. The number of ketones is 1. The minimum atomic E-state index is -0.770. The number of Topliss-reactive ketones (excluding diaryl/α,β-unsaturated/α-hetero) is 1. The Morgan fingerprint density at radius 1 is 1.18 bits per heavy atom. The molecule has 1 aromatic carbocycles. The zero-order valence-electron chi connectivity index (χ0n) is 20.7. The van der Waals surface area contributed by atoms with Gasteiger partial charge in [-0.25, -0.2) is 0 Å². The Bertz CT molecular complexity index is 777. The molecule has 0 saturated carbocycles. The number of unbranched alkanes of at least 4 members (excludes halogenated alkanes) is 3. The molecule has 0 bridgehead atoms. The van der Waals surface area contributed by atoms with E-state index in [1.54, 1.807) is 16.7 Å². The molecule has 2 rings (SSSR count). The summed E-state index contributed by atoms with van der Waals surface area (Å²) in [5, 5.41) is 2.94. The van der Waals surface area contributed by atoms with Gasteiger partial charge in [0.05, 0.1) is 12.1 Å². The van der Waals surface area contributed by atoms with Crippen molar-refractivity contribution in [2.75, 3.05) is 24.6 Å². The van der Waals surface area contributed by atoms with Crippen molar-refractivity contribution < 1.29 is 14.4 Å². The van der Waals surface area contributed by atoms with E-state index in [-0.39, 0.29) is 23.5 Å². The molecule has 1 saturated heterocycles. The second-order valence-corrected chi connectivity index (χ2v) is 10.4. The average molecular weight is 491 g/mol. The third kappa shape index (κ3) is 8.71. The van der Waals surface area contributed by atoms with Crippen LogP contribution in [0.1, 0.15) is 57.9 Å². The minimum absolute atomic E-state index is 0.00227. The fourth-order valence-electron chi connectivity index (χ4n) is 4.12. The summed E-state index contributed by atoms with van der Waals surface area (Å²) >= 11 is 1.70. The number of rotatable bonds is 14. The van der Waals surface area contributed by atoms with E-state index in [0.29, 0.717) is 31.7 Å². The van der Waals surface area contributed by atoms with Gasteiger partial charge in [-0.2, -0.15) is 11.8 Å². The van der Waals surface area contributed by atoms with Crippen molar-refractivity contribution >= 4 is 29.4 Å². The summed E-state index contributed by atoms with van der Waals surface area (Å²) in [7, 11) is 0. The monoisotopic (exact) mass is 490 g/mol. The van der Waals surface area contributed by atoms with Crippen molar-refractivity contribution in [3.05, 3.63) is 35.9 Å². The van der Waals surface area contributed by atoms with Gasteiger partial charge in [0, 0.05) is 30.9 Å². The van der Waals surface area contributed by atoms with Crippen LogP contribution in [0.4, 0.5) is 0 Å². The van der Waals surface area contributed by atoms with Gasteiger partial charge in [0.25, 0.3) is 0 Å². The van der Waals surface area contributed by atoms with E-state index < -0.39 is 18.1 Å². The predicted molar refractivity (Wildman–Crippen MR) is 139 cm³/mol. The number of nitrogens with two attached hydrogens (primary N) is 2. The number of thioether (sulfide) groups is 1. The molecule has 1 aliphatic rings. The van der Waals surface area contributed by atoms with Gasteiger partial charge in [0.15, 0.2) is 5.78 Å². The Balaban J connectivity index is 2.25. The average Bonchev–Trinajstić information content (AvgIpc) is 2.85. The molecule has 34 heavy (non-hydrogen) atoms. The molecule has 0 radical (unpaired) electrons. The van der Waals surface area contributed by atoms with E-state index in [4.69, 9.17) is 11.5 Å². The van der Waals surface area contributed by atoms with Crippen LogP contribution in [0.3, 0.4) is 0 Å². The van der Waals surface area contributed by atoms with E-state index in [0.717, 1.165) is 43.4 Å². The smallest absolute Gasteiger partial charge is 0.246 e. The third-order valence-electron chi connectivity index (χ3n) is 6.61. The summed E-state index contributed by atoms with van der Waals surface area (Å²) in [6, 6.07) is 7.74. The first-order valence-corrected chi connectivity index (χ1v) is 13.7. The van der Waals surface area contributed by atoms with Crippen molar-refractivity contribution in [3.8, 4) is 0 Å². The highest BCUT2D eigenvalue weighted by atomic mass is 32.2. The van der Waals surface area contributed by atoms with Gasteiger partial charge in [-0.15, -0.1) is 0 Å². The van der Waals surface area contributed by atoms with Crippen molar-refractivity contribution in [1.82, 2.24) is 10.2 Å². The lowest BCUT2D eigenvalue weighted by molar-refractivity contribution is -0.142. The van der Waals surface area contributed by atoms with E-state index in [2.05, 4.69) is 5.32 Å². The standard InChI is InChI=1S/C26H42N4O3S/c1-3-19(2)24(28)25(32)29-21(17-20-11-7-6-8-12-20)26(33)30(15-10-5-4-9-14-27)22-18-34-16-13-23(22)31/h6-8,11-12,19,21-22,24H,3-5,9-10,13-18,27-28H2,1-2H3,(H,29,32)/t19?,21-,22?,24+/m0/s1. The number of nitrogens with one attached hydrogen (secondary N) is 1. The molecule has 0 spiro atoms. The van der Waals surface area contributed by atoms with Crippen LogP contribution in [0.15, 0.2) is 30.3 Å². The van der Waals surface area contributed by atoms with Gasteiger partial charge < -0.3 is 21.7 Å². The molecule has 4 atom stereocenters. The lowest BCUT2D eigenvalue weighted by atomic mass is 9.97. The van der Waals surface area contributed by atoms with Crippen LogP contribution in [0.2, 0.25) is 0 Å². The van der Waals surface area contributed by atoms with Crippen LogP contribution >= 0.6 is 11.8 Å². The maximum atomic E-state index is 13.9. The summed E-state index contributed by atoms with van der Waals surface area (Å²) in [4.78, 5) is 41.4. The van der Waals surface area contributed by atoms with Crippen molar-refractivity contribution in [2.45, 2.75) is 76.9 Å². The second-order valence-electron chi connectivity index (χ2n) is 9.20. The molecule has 2 unspecified atom stereocenters. The summed E-state index contributed by atoms with van der Waals surface area (Å²) in [6.07, 6.45) is 5.31. The van der Waals surface area contributed by atoms with Crippen LogP contribution in [0.5, 0.6) is 0 Å². The largest absolute Gasteiger partial charge is 0.343 e. The molecular formula is C26H42N4O3S. The Kier molecular flexibility index (Phi) is 12.6. The van der Waals surface area contributed by atoms with Gasteiger partial charge >= 0.3 is 0 Å². The first kappa shape index (κ1) is 28.3. The molecule has 5 N–H and O–H groups in total. The molecule has 8 heteroatoms. The number of nitrogens with zero attached hydrogens (tertiary/aromatic N) is 1. The van der Waals surface area contributed by atoms with E-state index in [1.165, 1.54) is 0 Å². The molecule has 7 nitrogen and oxygen atoms in total. The van der Waals surface area contributed by atoms with Crippen LogP contribution < -0.4 is 16.8 Å². The lowest BCUT2D eigenvalue weighted by Gasteiger charge is -2.36. The van der Waals surface area contributed by atoms with Crippen LogP contribution in [0.25, 0.3) is 0 Å². The van der Waals surface area contributed by atoms with Gasteiger partial charge in [-0.1, -0.05) is 63.4 Å². The maximum Gasteiger partial charge on any atom is 0.246 e. The Labute approximate surface area is 208 Å². The van der Waals surface area contributed by atoms with Crippen LogP contribution in [-0.4, -0.2) is 65.2 Å². The Morgan fingerprint density at radius 2 is 1.88 bits per heavy atom. The zero-order chi connectivity index (χ0) is 24.9. The van der Waals surface area contributed by atoms with Gasteiger partial charge in [0.1, 0.15) is 6.04 Å². The SMILES string of the molecule is CCC(C)[C@@H](N)C(=O)N[C@@H](Cc1ccccc1)C(=O)N(CCCCCCN)C1CSCCC1=O. The highest BCUT2D eigenvalue weighted by Crippen LogP contribution is 2.21. The lowest BCUT2D eigenvalue weighted by Crippen LogP contribution is -2.58. The van der Waals surface area contributed by atoms with Crippen LogP contribution in [0, 0.1) is 5.92 Å². The molecule has 1 heterocycles. The molecule has 0 aliphatic carbocycles. The summed E-state index contributed by atoms with van der Waals surface area (Å²) < 4.78 is 0. The summed E-state index contributed by atoms with van der Waals surface area (Å²) in [5.41, 5.74) is 12.7. The maximum absolute atomic E-state index is 13.9. The van der Waals surface area contributed by atoms with E-state index in [9.17, 15) is 14.4 Å². The third-order valence-corrected chi connectivity index (χ3v) is 7.65. The quantitative estimate of drug-likeness (QED) is 0.345. The van der Waals surface area contributed by atoms with E-state index in [1.807, 2.05) is 44.2 Å². The molecule has 1 aromatic rings. The number of carbonyl (C=O) groups excluding carboxylic acids is 3. The van der Waals surface area contributed by atoms with Gasteiger partial charge in [-0.05, 0) is 30.9 Å². The summed E-state index contributed by atoms with van der Waals surface area (Å²) in [5.74, 6) is 0.981. The van der Waals surface area contributed by atoms with Crippen LogP contribution in [-0.2, 0) is 20.8 Å². The number of amides is 2. The zero-order valence-corrected chi connectivity index (χ0v) is 21.5. The number of hydrogen-bond donors (Lipinski definition) is 3. The Hall–Kier alpha value is -1.90. The predicted octanol–water partition coefficient (Wildman–Crippen LogP) is 2.51. The normalized spacial score (nSPS) is 18.7. The first-order chi connectivity index (χ1) is 16.4. The fraction of sp³-hybridized carbons (Fsp3) is 0.654. The number of hydrogen-bond acceptors (Lipinski definition) is 6. The van der Waals surface area contributed by atoms with Crippen molar-refractivity contribution in [1.29, 1.82) is 0 Å². The topological polar surface area (TPSA) is 119 Å². The molecular weight excluding hydrogens is 448 g/mol. The van der Waals surface area contributed by atoms with E-state index >= 15 is 0 Å². The molecule has 1 fully saturated rings. The fourth-order valence-corrected chi connectivity index (χ4v) is 5.22. The van der Waals surface area contributed by atoms with Crippen molar-refractivity contribution in [2.24, 2.45) is 17.4 Å².